The number of carboxylic acids is 1. The van der Waals surface area contributed by atoms with Gasteiger partial charge in [-0.3, -0.25) is 23.9 Å². The molecule has 2 unspecified atom stereocenters. The van der Waals surface area contributed by atoms with Crippen molar-refractivity contribution in [3.8, 4) is 5.88 Å². The van der Waals surface area contributed by atoms with Gasteiger partial charge in [-0.05, 0) is 55.2 Å². The highest BCUT2D eigenvalue weighted by atomic mass is 35.5. The van der Waals surface area contributed by atoms with Crippen LogP contribution in [0.5, 0.6) is 5.88 Å². The summed E-state index contributed by atoms with van der Waals surface area (Å²) in [4.78, 5) is 56.0. The molecule has 6 rings (SSSR count). The number of amides is 1. The molecule has 2 aromatic heterocycles. The summed E-state index contributed by atoms with van der Waals surface area (Å²) in [6.07, 6.45) is 5.37. The number of aryl methyl sites for hydroxylation is 2. The number of hydrogen-bond acceptors (Lipinski definition) is 7. The van der Waals surface area contributed by atoms with Gasteiger partial charge in [0.1, 0.15) is 17.2 Å². The van der Waals surface area contributed by atoms with Gasteiger partial charge >= 0.3 is 11.7 Å². The lowest BCUT2D eigenvalue weighted by atomic mass is 9.84. The number of ether oxygens (including phenoxy) is 1. The Morgan fingerprint density at radius 2 is 1.89 bits per heavy atom. The molecule has 1 aliphatic heterocycles. The number of benzene rings is 1. The number of carboxylic acid groups (broad SMARTS) is 1. The number of likely N-dealkylation sites (tertiary alicyclic amines) is 1. The Labute approximate surface area is 272 Å². The fraction of sp³-hybridized carbons (Fsp3) is 0.364. The fourth-order valence-electron chi connectivity index (χ4n) is 6.71. The number of nitrogens with one attached hydrogen (secondary N) is 1. The van der Waals surface area contributed by atoms with E-state index in [4.69, 9.17) is 21.3 Å². The van der Waals surface area contributed by atoms with Crippen LogP contribution >= 0.6 is 11.6 Å². The quantitative estimate of drug-likeness (QED) is 0.363. The maximum Gasteiger partial charge on any atom is 0.330 e. The average molecular weight is 668 g/mol. The van der Waals surface area contributed by atoms with Gasteiger partial charge in [-0.15, -0.1) is 11.6 Å². The molecule has 1 aromatic carbocycles. The Balaban J connectivity index is 1.31. The zero-order valence-electron chi connectivity index (χ0n) is 26.0. The molecule has 1 amide bonds. The van der Waals surface area contributed by atoms with E-state index in [1.54, 1.807) is 6.08 Å². The van der Waals surface area contributed by atoms with E-state index in [1.807, 2.05) is 6.07 Å². The largest absolute Gasteiger partial charge is 0.481 e. The third kappa shape index (κ3) is 5.46. The normalized spacial score (nSPS) is 21.0. The van der Waals surface area contributed by atoms with Crippen molar-refractivity contribution in [2.75, 3.05) is 25.5 Å². The Kier molecular flexibility index (Phi) is 8.39. The van der Waals surface area contributed by atoms with E-state index in [9.17, 15) is 24.3 Å². The summed E-state index contributed by atoms with van der Waals surface area (Å²) in [5, 5.41) is 10.8. The van der Waals surface area contributed by atoms with Crippen molar-refractivity contribution in [2.24, 2.45) is 20.0 Å². The third-order valence-electron chi connectivity index (χ3n) is 9.31. The number of pyridine rings is 1. The minimum atomic E-state index is -1.10. The molecule has 3 aliphatic rings. The minimum absolute atomic E-state index is 0.0330. The smallest absolute Gasteiger partial charge is 0.330 e. The summed E-state index contributed by atoms with van der Waals surface area (Å²) in [6.45, 7) is 2.39. The first-order chi connectivity index (χ1) is 22.3. The molecule has 0 bridgehead atoms. The Bertz CT molecular complexity index is 2020. The molecule has 3 aromatic rings. The second kappa shape index (κ2) is 12.2. The number of nitrogens with zero attached hydrogens (tertiary/aromatic N) is 4. The maximum atomic E-state index is 15.6. The number of halogens is 3. The number of methoxy groups -OCH3 is 1. The molecule has 47 heavy (non-hydrogen) atoms. The summed E-state index contributed by atoms with van der Waals surface area (Å²) in [5.41, 5.74) is 0.690. The summed E-state index contributed by atoms with van der Waals surface area (Å²) >= 11 is 6.96. The van der Waals surface area contributed by atoms with Crippen LogP contribution in [0.15, 0.2) is 52.0 Å². The van der Waals surface area contributed by atoms with Crippen LogP contribution in [0.25, 0.3) is 5.57 Å². The van der Waals surface area contributed by atoms with E-state index < -0.39 is 52.0 Å². The number of aliphatic carboxylic acids is 1. The number of fused-ring (bicyclic) bond motifs is 1. The topological polar surface area (TPSA) is 136 Å². The SMILES string of the molecule is COc1nc(C2C=CC(F)=C(c3c(F)ccc(NC(=O)c4cn(C)c(=O)n(C)c4=O)c3C)C2Cl)cc2c1[C@@H](N1CC(C(=O)O)C1)CC2. The predicted molar refractivity (Wildman–Crippen MR) is 170 cm³/mol. The van der Waals surface area contributed by atoms with Crippen molar-refractivity contribution in [1.29, 1.82) is 0 Å². The number of carbonyl (C=O) groups is 2. The number of anilines is 1. The number of rotatable bonds is 7. The number of carbonyl (C=O) groups excluding carboxylic acids is 1. The molecule has 2 aliphatic carbocycles. The van der Waals surface area contributed by atoms with Crippen molar-refractivity contribution in [2.45, 2.75) is 37.1 Å². The van der Waals surface area contributed by atoms with Crippen LogP contribution in [0, 0.1) is 18.7 Å². The van der Waals surface area contributed by atoms with Crippen LogP contribution < -0.4 is 21.3 Å². The lowest BCUT2D eigenvalue weighted by Crippen LogP contribution is -2.51. The molecule has 1 saturated heterocycles. The summed E-state index contributed by atoms with van der Waals surface area (Å²) in [6, 6.07) is 4.24. The van der Waals surface area contributed by atoms with Crippen molar-refractivity contribution in [1.82, 2.24) is 19.0 Å². The molecule has 3 atom stereocenters. The lowest BCUT2D eigenvalue weighted by Gasteiger charge is -2.41. The molecule has 0 radical (unpaired) electrons. The average Bonchev–Trinajstić information content (AvgIpc) is 3.43. The Hall–Kier alpha value is -4.62. The second-order valence-corrected chi connectivity index (χ2v) is 12.5. The van der Waals surface area contributed by atoms with Gasteiger partial charge < -0.3 is 19.7 Å². The van der Waals surface area contributed by atoms with Gasteiger partial charge in [-0.25, -0.2) is 18.6 Å². The fourth-order valence-corrected chi connectivity index (χ4v) is 7.14. The number of alkyl halides is 1. The number of allylic oxidation sites excluding steroid dienone is 4. The molecule has 0 saturated carbocycles. The monoisotopic (exact) mass is 667 g/mol. The van der Waals surface area contributed by atoms with Gasteiger partial charge in [0.2, 0.25) is 5.88 Å². The van der Waals surface area contributed by atoms with Crippen LogP contribution in [0.3, 0.4) is 0 Å². The van der Waals surface area contributed by atoms with E-state index in [0.717, 1.165) is 38.9 Å². The predicted octanol–water partition coefficient (Wildman–Crippen LogP) is 3.83. The third-order valence-corrected chi connectivity index (χ3v) is 9.79. The van der Waals surface area contributed by atoms with E-state index >= 15 is 8.78 Å². The molecule has 246 valence electrons. The first kappa shape index (κ1) is 32.3. The molecule has 0 spiro atoms. The summed E-state index contributed by atoms with van der Waals surface area (Å²) in [7, 11) is 4.15. The van der Waals surface area contributed by atoms with E-state index in [1.165, 1.54) is 40.3 Å². The number of aromatic nitrogens is 3. The molecule has 14 heteroatoms. The standard InChI is InChI=1S/C33H32ClF2N5O6/c1-15-22(37-29(42)19-14-39(2)33(46)40(3)31(19)43)9-8-20(35)25(15)27-21(36)7-6-18(28(27)34)23-11-16-5-10-24(26(16)30(38-23)47-4)41-12-17(13-41)32(44)45/h6-9,11,14,17-18,24,28H,5,10,12-13H2,1-4H3,(H,37,42)(H,44,45)/t18?,24-,28?/m0/s1. The first-order valence-corrected chi connectivity index (χ1v) is 15.4. The zero-order valence-corrected chi connectivity index (χ0v) is 26.8. The highest BCUT2D eigenvalue weighted by Gasteiger charge is 2.42. The van der Waals surface area contributed by atoms with Gasteiger partial charge in [0.05, 0.1) is 24.1 Å². The van der Waals surface area contributed by atoms with Gasteiger partial charge in [-0.2, -0.15) is 0 Å². The lowest BCUT2D eigenvalue weighted by molar-refractivity contribution is -0.148. The van der Waals surface area contributed by atoms with Gasteiger partial charge in [-0.1, -0.05) is 6.08 Å². The summed E-state index contributed by atoms with van der Waals surface area (Å²) in [5.74, 6) is -3.86. The van der Waals surface area contributed by atoms with Crippen molar-refractivity contribution in [3.05, 3.63) is 103 Å². The van der Waals surface area contributed by atoms with Crippen LogP contribution in [0.4, 0.5) is 14.5 Å². The molecule has 3 heterocycles. The number of hydrogen-bond donors (Lipinski definition) is 2. The minimum Gasteiger partial charge on any atom is -0.481 e. The Morgan fingerprint density at radius 1 is 1.17 bits per heavy atom. The molecule has 1 fully saturated rings. The Morgan fingerprint density at radius 3 is 2.57 bits per heavy atom. The molecular weight excluding hydrogens is 636 g/mol. The molecular formula is C33H32ClF2N5O6. The highest BCUT2D eigenvalue weighted by Crippen LogP contribution is 2.47. The molecule has 2 N–H and O–H groups in total. The zero-order chi connectivity index (χ0) is 33.9. The van der Waals surface area contributed by atoms with E-state index in [0.29, 0.717) is 31.1 Å². The highest BCUT2D eigenvalue weighted by molar-refractivity contribution is 6.28. The van der Waals surface area contributed by atoms with Crippen LogP contribution in [-0.2, 0) is 25.3 Å². The second-order valence-electron chi connectivity index (χ2n) is 12.1. The van der Waals surface area contributed by atoms with Crippen molar-refractivity contribution < 1.29 is 28.2 Å². The van der Waals surface area contributed by atoms with Gasteiger partial charge in [0.15, 0.2) is 0 Å². The molecule has 11 nitrogen and oxygen atoms in total. The summed E-state index contributed by atoms with van der Waals surface area (Å²) < 4.78 is 38.7. The van der Waals surface area contributed by atoms with E-state index in [-0.39, 0.29) is 34.0 Å². The van der Waals surface area contributed by atoms with E-state index in [2.05, 4.69) is 10.2 Å². The maximum absolute atomic E-state index is 15.6. The van der Waals surface area contributed by atoms with Crippen molar-refractivity contribution in [3.63, 3.8) is 0 Å². The van der Waals surface area contributed by atoms with Gasteiger partial charge in [0, 0.05) is 67.7 Å². The van der Waals surface area contributed by atoms with Crippen LogP contribution in [-0.4, -0.2) is 61.6 Å². The van der Waals surface area contributed by atoms with Crippen LogP contribution in [0.2, 0.25) is 0 Å². The van der Waals surface area contributed by atoms with Crippen LogP contribution in [0.1, 0.15) is 56.7 Å². The van der Waals surface area contributed by atoms with Crippen molar-refractivity contribution >= 4 is 34.7 Å². The van der Waals surface area contributed by atoms with Gasteiger partial charge in [0.25, 0.3) is 11.5 Å². The first-order valence-electron chi connectivity index (χ1n) is 15.0.